The molecule has 2 aliphatic rings. The molecule has 0 bridgehead atoms. The molecule has 0 radical (unpaired) electrons. The zero-order chi connectivity index (χ0) is 18.4. The summed E-state index contributed by atoms with van der Waals surface area (Å²) in [5, 5.41) is 3.18. The van der Waals surface area contributed by atoms with E-state index in [1.165, 1.54) is 11.1 Å². The molecule has 1 aliphatic carbocycles. The minimum atomic E-state index is 0.106. The lowest BCUT2D eigenvalue weighted by atomic mass is 9.95. The standard InChI is InChI=1S/C21H34N4O/c1-2-24-10-12-25(13-11-24)16-19-7-4-3-6-18(19)15-23-21(26)20-9-5-8-17(20)14-22/h3-4,6-7,17,20H,2,5,8-16,22H2,1H3,(H,23,26)/t17-,20-/m1/s1. The number of nitrogens with zero attached hydrogens (tertiary/aromatic N) is 2. The van der Waals surface area contributed by atoms with Gasteiger partial charge in [0.2, 0.25) is 5.91 Å². The maximum absolute atomic E-state index is 12.6. The minimum Gasteiger partial charge on any atom is -0.352 e. The van der Waals surface area contributed by atoms with Crippen LogP contribution in [0.15, 0.2) is 24.3 Å². The Hall–Kier alpha value is -1.43. The van der Waals surface area contributed by atoms with E-state index < -0.39 is 0 Å². The number of rotatable bonds is 7. The van der Waals surface area contributed by atoms with Crippen molar-refractivity contribution in [3.8, 4) is 0 Å². The fraction of sp³-hybridized carbons (Fsp3) is 0.667. The van der Waals surface area contributed by atoms with Crippen molar-refractivity contribution in [1.82, 2.24) is 15.1 Å². The molecule has 1 aliphatic heterocycles. The predicted molar refractivity (Wildman–Crippen MR) is 106 cm³/mol. The average Bonchev–Trinajstić information content (AvgIpc) is 3.16. The second-order valence-corrected chi connectivity index (χ2v) is 7.73. The number of amides is 1. The van der Waals surface area contributed by atoms with Crippen molar-refractivity contribution in [3.63, 3.8) is 0 Å². The first-order chi connectivity index (χ1) is 12.7. The van der Waals surface area contributed by atoms with Crippen LogP contribution in [-0.4, -0.2) is 55.0 Å². The maximum Gasteiger partial charge on any atom is 0.223 e. The van der Waals surface area contributed by atoms with Crippen LogP contribution in [0.25, 0.3) is 0 Å². The number of carbonyl (C=O) groups is 1. The Balaban J connectivity index is 1.55. The van der Waals surface area contributed by atoms with E-state index in [2.05, 4.69) is 46.3 Å². The minimum absolute atomic E-state index is 0.106. The first kappa shape index (κ1) is 19.3. The Kier molecular flexibility index (Phi) is 7.06. The van der Waals surface area contributed by atoms with Crippen LogP contribution in [0.3, 0.4) is 0 Å². The second-order valence-electron chi connectivity index (χ2n) is 7.73. The van der Waals surface area contributed by atoms with E-state index in [-0.39, 0.29) is 11.8 Å². The monoisotopic (exact) mass is 358 g/mol. The molecule has 1 aromatic carbocycles. The molecule has 3 N–H and O–H groups in total. The quantitative estimate of drug-likeness (QED) is 0.780. The maximum atomic E-state index is 12.6. The van der Waals surface area contributed by atoms with Gasteiger partial charge in [0.15, 0.2) is 0 Å². The molecule has 26 heavy (non-hydrogen) atoms. The smallest absolute Gasteiger partial charge is 0.223 e. The molecule has 1 heterocycles. The van der Waals surface area contributed by atoms with Gasteiger partial charge in [0.1, 0.15) is 0 Å². The first-order valence-electron chi connectivity index (χ1n) is 10.2. The molecule has 1 saturated carbocycles. The third-order valence-corrected chi connectivity index (χ3v) is 6.18. The summed E-state index contributed by atoms with van der Waals surface area (Å²) in [4.78, 5) is 17.6. The number of likely N-dealkylation sites (N-methyl/N-ethyl adjacent to an activating group) is 1. The third-order valence-electron chi connectivity index (χ3n) is 6.18. The predicted octanol–water partition coefficient (Wildman–Crippen LogP) is 1.82. The zero-order valence-corrected chi connectivity index (χ0v) is 16.1. The number of benzene rings is 1. The third kappa shape index (κ3) is 4.84. The molecule has 0 spiro atoms. The lowest BCUT2D eigenvalue weighted by Gasteiger charge is -2.34. The zero-order valence-electron chi connectivity index (χ0n) is 16.1. The van der Waals surface area contributed by atoms with Gasteiger partial charge < -0.3 is 16.0 Å². The normalized spacial score (nSPS) is 24.7. The fourth-order valence-electron chi connectivity index (χ4n) is 4.37. The molecule has 2 atom stereocenters. The largest absolute Gasteiger partial charge is 0.352 e. The van der Waals surface area contributed by atoms with E-state index >= 15 is 0 Å². The van der Waals surface area contributed by atoms with Crippen LogP contribution in [-0.2, 0) is 17.9 Å². The molecule has 5 nitrogen and oxygen atoms in total. The first-order valence-corrected chi connectivity index (χ1v) is 10.2. The summed E-state index contributed by atoms with van der Waals surface area (Å²) in [6.45, 7) is 10.1. The lowest BCUT2D eigenvalue weighted by molar-refractivity contribution is -0.126. The van der Waals surface area contributed by atoms with Crippen LogP contribution < -0.4 is 11.1 Å². The SMILES string of the molecule is CCN1CCN(Cc2ccccc2CNC(=O)[C@@H]2CCC[C@@H]2CN)CC1. The lowest BCUT2D eigenvalue weighted by Crippen LogP contribution is -2.45. The number of nitrogens with two attached hydrogens (primary N) is 1. The Bertz CT molecular complexity index is 583. The Labute approximate surface area is 157 Å². The van der Waals surface area contributed by atoms with Crippen LogP contribution in [0.2, 0.25) is 0 Å². The van der Waals surface area contributed by atoms with Gasteiger partial charge in [0, 0.05) is 45.2 Å². The molecule has 3 rings (SSSR count). The van der Waals surface area contributed by atoms with Crippen LogP contribution in [0, 0.1) is 11.8 Å². The van der Waals surface area contributed by atoms with Gasteiger partial charge in [0.05, 0.1) is 0 Å². The summed E-state index contributed by atoms with van der Waals surface area (Å²) < 4.78 is 0. The van der Waals surface area contributed by atoms with Crippen molar-refractivity contribution < 1.29 is 4.79 Å². The highest BCUT2D eigenvalue weighted by Crippen LogP contribution is 2.31. The molecule has 1 aromatic rings. The van der Waals surface area contributed by atoms with E-state index in [4.69, 9.17) is 5.73 Å². The van der Waals surface area contributed by atoms with Crippen molar-refractivity contribution >= 4 is 5.91 Å². The van der Waals surface area contributed by atoms with Gasteiger partial charge in [-0.1, -0.05) is 37.6 Å². The van der Waals surface area contributed by atoms with Gasteiger partial charge in [-0.15, -0.1) is 0 Å². The van der Waals surface area contributed by atoms with Gasteiger partial charge in [-0.3, -0.25) is 9.69 Å². The van der Waals surface area contributed by atoms with E-state index in [1.807, 2.05) is 0 Å². The van der Waals surface area contributed by atoms with E-state index in [1.54, 1.807) is 0 Å². The molecule has 0 unspecified atom stereocenters. The highest BCUT2D eigenvalue weighted by Gasteiger charge is 2.31. The Morgan fingerprint density at radius 3 is 2.50 bits per heavy atom. The summed E-state index contributed by atoms with van der Waals surface area (Å²) in [6.07, 6.45) is 3.20. The number of piperazine rings is 1. The highest BCUT2D eigenvalue weighted by molar-refractivity contribution is 5.79. The second kappa shape index (κ2) is 9.49. The van der Waals surface area contributed by atoms with Crippen molar-refractivity contribution in [2.24, 2.45) is 17.6 Å². The molecular formula is C21H34N4O. The van der Waals surface area contributed by atoms with Crippen LogP contribution in [0.4, 0.5) is 0 Å². The van der Waals surface area contributed by atoms with Crippen LogP contribution in [0.5, 0.6) is 0 Å². The summed E-state index contributed by atoms with van der Waals surface area (Å²) in [5.41, 5.74) is 8.40. The number of nitrogens with one attached hydrogen (secondary N) is 1. The number of carbonyl (C=O) groups excluding carboxylic acids is 1. The topological polar surface area (TPSA) is 61.6 Å². The van der Waals surface area contributed by atoms with Crippen molar-refractivity contribution in [2.45, 2.75) is 39.3 Å². The van der Waals surface area contributed by atoms with E-state index in [0.29, 0.717) is 19.0 Å². The van der Waals surface area contributed by atoms with Crippen molar-refractivity contribution in [3.05, 3.63) is 35.4 Å². The molecule has 0 aromatic heterocycles. The fourth-order valence-corrected chi connectivity index (χ4v) is 4.37. The Morgan fingerprint density at radius 2 is 1.81 bits per heavy atom. The van der Waals surface area contributed by atoms with Gasteiger partial charge in [-0.25, -0.2) is 0 Å². The molecule has 5 heteroatoms. The number of hydrogen-bond acceptors (Lipinski definition) is 4. The average molecular weight is 359 g/mol. The van der Waals surface area contributed by atoms with Gasteiger partial charge in [0.25, 0.3) is 0 Å². The highest BCUT2D eigenvalue weighted by atomic mass is 16.1. The molecular weight excluding hydrogens is 324 g/mol. The summed E-state index contributed by atoms with van der Waals surface area (Å²) >= 11 is 0. The summed E-state index contributed by atoms with van der Waals surface area (Å²) in [5.74, 6) is 0.652. The van der Waals surface area contributed by atoms with Crippen molar-refractivity contribution in [2.75, 3.05) is 39.3 Å². The van der Waals surface area contributed by atoms with Gasteiger partial charge >= 0.3 is 0 Å². The molecule has 1 saturated heterocycles. The van der Waals surface area contributed by atoms with Crippen LogP contribution >= 0.6 is 0 Å². The van der Waals surface area contributed by atoms with Gasteiger partial charge in [-0.05, 0) is 43.0 Å². The summed E-state index contributed by atoms with van der Waals surface area (Å²) in [6, 6.07) is 8.52. The van der Waals surface area contributed by atoms with Crippen LogP contribution in [0.1, 0.15) is 37.3 Å². The summed E-state index contributed by atoms with van der Waals surface area (Å²) in [7, 11) is 0. The molecule has 1 amide bonds. The molecule has 2 fully saturated rings. The van der Waals surface area contributed by atoms with Gasteiger partial charge in [-0.2, -0.15) is 0 Å². The number of hydrogen-bond donors (Lipinski definition) is 2. The van der Waals surface area contributed by atoms with E-state index in [9.17, 15) is 4.79 Å². The van der Waals surface area contributed by atoms with E-state index in [0.717, 1.165) is 58.5 Å². The molecule has 144 valence electrons. The Morgan fingerprint density at radius 1 is 1.12 bits per heavy atom. The van der Waals surface area contributed by atoms with Crippen molar-refractivity contribution in [1.29, 1.82) is 0 Å².